The minimum Gasteiger partial charge on any atom is -0.454 e. The smallest absolute Gasteiger partial charge is 0.253 e. The molecule has 1 aliphatic rings. The number of ether oxygens (including phenoxy) is 1. The van der Waals surface area contributed by atoms with E-state index in [1.54, 1.807) is 29.2 Å². The Balaban J connectivity index is 0.00000261. The number of nitrogens with two attached hydrogens (primary N) is 1. The van der Waals surface area contributed by atoms with Crippen LogP contribution in [0.3, 0.4) is 0 Å². The number of amides is 1. The number of halogens is 3. The zero-order chi connectivity index (χ0) is 18.9. The average molecular weight is 397 g/mol. The molecule has 2 N–H and O–H groups in total. The van der Waals surface area contributed by atoms with Gasteiger partial charge in [-0.2, -0.15) is 0 Å². The zero-order valence-corrected chi connectivity index (χ0v) is 16.1. The SMILES string of the molecule is CC1(C)CN(C(=O)c2ccc(Oc3ccc(F)cc3F)cc2)CCC1N.Cl. The van der Waals surface area contributed by atoms with Gasteiger partial charge in [0.05, 0.1) is 0 Å². The van der Waals surface area contributed by atoms with Gasteiger partial charge in [-0.25, -0.2) is 8.78 Å². The van der Waals surface area contributed by atoms with Gasteiger partial charge < -0.3 is 15.4 Å². The molecule has 4 nitrogen and oxygen atoms in total. The van der Waals surface area contributed by atoms with E-state index in [4.69, 9.17) is 10.5 Å². The van der Waals surface area contributed by atoms with E-state index in [1.165, 1.54) is 6.07 Å². The summed E-state index contributed by atoms with van der Waals surface area (Å²) in [6.07, 6.45) is 0.768. The van der Waals surface area contributed by atoms with Gasteiger partial charge in [0.25, 0.3) is 5.91 Å². The number of rotatable bonds is 3. The number of hydrogen-bond donors (Lipinski definition) is 1. The summed E-state index contributed by atoms with van der Waals surface area (Å²) in [6.45, 7) is 5.35. The first-order chi connectivity index (χ1) is 12.3. The highest BCUT2D eigenvalue weighted by molar-refractivity contribution is 5.94. The lowest BCUT2D eigenvalue weighted by molar-refractivity contribution is 0.0533. The second-order valence-electron chi connectivity index (χ2n) is 7.31. The van der Waals surface area contributed by atoms with Gasteiger partial charge in [0.2, 0.25) is 0 Å². The molecule has 27 heavy (non-hydrogen) atoms. The molecule has 1 saturated heterocycles. The van der Waals surface area contributed by atoms with Gasteiger partial charge in [-0.1, -0.05) is 13.8 Å². The molecule has 2 aromatic rings. The van der Waals surface area contributed by atoms with Gasteiger partial charge in [0, 0.05) is 30.8 Å². The van der Waals surface area contributed by atoms with Crippen LogP contribution in [0.25, 0.3) is 0 Å². The van der Waals surface area contributed by atoms with Crippen molar-refractivity contribution in [2.24, 2.45) is 11.1 Å². The summed E-state index contributed by atoms with van der Waals surface area (Å²) in [6, 6.07) is 9.65. The Hall–Kier alpha value is -2.18. The molecule has 2 aromatic carbocycles. The molecule has 1 heterocycles. The summed E-state index contributed by atoms with van der Waals surface area (Å²) in [7, 11) is 0. The lowest BCUT2D eigenvalue weighted by Crippen LogP contribution is -2.53. The normalized spacial score (nSPS) is 18.6. The van der Waals surface area contributed by atoms with Crippen molar-refractivity contribution in [2.75, 3.05) is 13.1 Å². The van der Waals surface area contributed by atoms with Crippen LogP contribution in [0.1, 0.15) is 30.6 Å². The highest BCUT2D eigenvalue weighted by atomic mass is 35.5. The maximum Gasteiger partial charge on any atom is 0.253 e. The number of carbonyl (C=O) groups excluding carboxylic acids is 1. The highest BCUT2D eigenvalue weighted by Crippen LogP contribution is 2.29. The predicted octanol–water partition coefficient (Wildman–Crippen LogP) is 4.38. The number of benzene rings is 2. The van der Waals surface area contributed by atoms with Crippen molar-refractivity contribution in [2.45, 2.75) is 26.3 Å². The first-order valence-corrected chi connectivity index (χ1v) is 8.54. The first-order valence-electron chi connectivity index (χ1n) is 8.54. The number of nitrogens with zero attached hydrogens (tertiary/aromatic N) is 1. The van der Waals surface area contributed by atoms with E-state index >= 15 is 0 Å². The van der Waals surface area contributed by atoms with Gasteiger partial charge >= 0.3 is 0 Å². The van der Waals surface area contributed by atoms with E-state index in [2.05, 4.69) is 13.8 Å². The number of likely N-dealkylation sites (tertiary alicyclic amines) is 1. The van der Waals surface area contributed by atoms with Crippen LogP contribution in [-0.2, 0) is 0 Å². The number of piperidine rings is 1. The summed E-state index contributed by atoms with van der Waals surface area (Å²) in [4.78, 5) is 14.5. The van der Waals surface area contributed by atoms with Crippen molar-refractivity contribution in [3.8, 4) is 11.5 Å². The summed E-state index contributed by atoms with van der Waals surface area (Å²) < 4.78 is 32.0. The zero-order valence-electron chi connectivity index (χ0n) is 15.2. The summed E-state index contributed by atoms with van der Waals surface area (Å²) in [5.41, 5.74) is 6.52. The van der Waals surface area contributed by atoms with E-state index in [1.807, 2.05) is 0 Å². The minimum absolute atomic E-state index is 0. The quantitative estimate of drug-likeness (QED) is 0.837. The van der Waals surface area contributed by atoms with Crippen molar-refractivity contribution in [1.29, 1.82) is 0 Å². The fourth-order valence-corrected chi connectivity index (χ4v) is 3.08. The molecule has 0 spiro atoms. The maximum atomic E-state index is 13.7. The van der Waals surface area contributed by atoms with Crippen LogP contribution in [0, 0.1) is 17.0 Å². The standard InChI is InChI=1S/C20H22F2N2O2.ClH/c1-20(2)12-24(10-9-18(20)23)19(25)13-3-6-15(7-4-13)26-17-8-5-14(21)11-16(17)22;/h3-8,11,18H,9-10,12,23H2,1-2H3;1H. The summed E-state index contributed by atoms with van der Waals surface area (Å²) in [5, 5.41) is 0. The molecule has 1 unspecified atom stereocenters. The first kappa shape index (κ1) is 21.1. The van der Waals surface area contributed by atoms with Gasteiger partial charge in [0.1, 0.15) is 11.6 Å². The van der Waals surface area contributed by atoms with Gasteiger partial charge in [-0.15, -0.1) is 12.4 Å². The monoisotopic (exact) mass is 396 g/mol. The Morgan fingerprint density at radius 1 is 1.19 bits per heavy atom. The van der Waals surface area contributed by atoms with Gasteiger partial charge in [-0.05, 0) is 48.2 Å². The van der Waals surface area contributed by atoms with Crippen molar-refractivity contribution in [3.63, 3.8) is 0 Å². The maximum absolute atomic E-state index is 13.7. The number of hydrogen-bond acceptors (Lipinski definition) is 3. The Kier molecular flexibility index (Phi) is 6.44. The molecule has 1 aliphatic heterocycles. The lowest BCUT2D eigenvalue weighted by Gasteiger charge is -2.42. The molecule has 3 rings (SSSR count). The van der Waals surface area contributed by atoms with Gasteiger partial charge in [0.15, 0.2) is 11.6 Å². The van der Waals surface area contributed by atoms with Crippen LogP contribution < -0.4 is 10.5 Å². The lowest BCUT2D eigenvalue weighted by atomic mass is 9.79. The average Bonchev–Trinajstić information content (AvgIpc) is 2.60. The van der Waals surface area contributed by atoms with E-state index in [9.17, 15) is 13.6 Å². The third-order valence-corrected chi connectivity index (χ3v) is 4.82. The predicted molar refractivity (Wildman–Crippen MR) is 102 cm³/mol. The molecular weight excluding hydrogens is 374 g/mol. The second-order valence-corrected chi connectivity index (χ2v) is 7.31. The molecule has 0 aromatic heterocycles. The second kappa shape index (κ2) is 8.23. The molecule has 1 fully saturated rings. The third-order valence-electron chi connectivity index (χ3n) is 4.82. The van der Waals surface area contributed by atoms with Crippen LogP contribution >= 0.6 is 12.4 Å². The molecule has 146 valence electrons. The van der Waals surface area contributed by atoms with Crippen molar-refractivity contribution >= 4 is 18.3 Å². The van der Waals surface area contributed by atoms with E-state index in [-0.39, 0.29) is 35.5 Å². The molecule has 0 bridgehead atoms. The highest BCUT2D eigenvalue weighted by Gasteiger charge is 2.35. The van der Waals surface area contributed by atoms with E-state index < -0.39 is 11.6 Å². The Bertz CT molecular complexity index is 812. The van der Waals surface area contributed by atoms with Crippen LogP contribution in [0.4, 0.5) is 8.78 Å². The fourth-order valence-electron chi connectivity index (χ4n) is 3.08. The molecular formula is C20H23ClF2N2O2. The van der Waals surface area contributed by atoms with Crippen LogP contribution in [0.5, 0.6) is 11.5 Å². The minimum atomic E-state index is -0.781. The molecule has 0 saturated carbocycles. The van der Waals surface area contributed by atoms with Crippen molar-refractivity contribution in [3.05, 3.63) is 59.7 Å². The molecule has 1 atom stereocenters. The van der Waals surface area contributed by atoms with E-state index in [0.717, 1.165) is 18.6 Å². The Morgan fingerprint density at radius 3 is 2.44 bits per heavy atom. The van der Waals surface area contributed by atoms with E-state index in [0.29, 0.717) is 24.4 Å². The largest absolute Gasteiger partial charge is 0.454 e. The molecule has 0 aliphatic carbocycles. The molecule has 0 radical (unpaired) electrons. The van der Waals surface area contributed by atoms with Crippen LogP contribution in [0.15, 0.2) is 42.5 Å². The summed E-state index contributed by atoms with van der Waals surface area (Å²) >= 11 is 0. The van der Waals surface area contributed by atoms with Crippen LogP contribution in [0.2, 0.25) is 0 Å². The Labute approximate surface area is 163 Å². The van der Waals surface area contributed by atoms with Crippen molar-refractivity contribution in [1.82, 2.24) is 4.90 Å². The summed E-state index contributed by atoms with van der Waals surface area (Å²) in [5.74, 6) is -1.22. The van der Waals surface area contributed by atoms with Gasteiger partial charge in [-0.3, -0.25) is 4.79 Å². The molecule has 1 amide bonds. The Morgan fingerprint density at radius 2 is 1.85 bits per heavy atom. The molecule has 7 heteroatoms. The van der Waals surface area contributed by atoms with Crippen molar-refractivity contribution < 1.29 is 18.3 Å². The topological polar surface area (TPSA) is 55.6 Å². The number of carbonyl (C=O) groups is 1. The van der Waals surface area contributed by atoms with Crippen LogP contribution in [-0.4, -0.2) is 29.9 Å². The fraction of sp³-hybridized carbons (Fsp3) is 0.350. The third kappa shape index (κ3) is 4.76.